The second-order valence-electron chi connectivity index (χ2n) is 8.12. The van der Waals surface area contributed by atoms with Crippen LogP contribution in [0.4, 0.5) is 0 Å². The largest absolute Gasteiger partial charge is 0.492 e. The number of benzene rings is 1. The van der Waals surface area contributed by atoms with Crippen LogP contribution in [0.25, 0.3) is 0 Å². The Labute approximate surface area is 177 Å². The zero-order valence-corrected chi connectivity index (χ0v) is 18.9. The Hall–Kier alpha value is -1.79. The molecule has 0 saturated carbocycles. The maximum Gasteiger partial charge on any atom is 0.191 e. The number of piperidine rings is 1. The molecule has 1 aromatic carbocycles. The molecule has 1 fully saturated rings. The number of rotatable bonds is 11. The molecule has 1 aromatic rings. The molecule has 0 bridgehead atoms. The van der Waals surface area contributed by atoms with E-state index in [-0.39, 0.29) is 0 Å². The van der Waals surface area contributed by atoms with Gasteiger partial charge in [0.2, 0.25) is 0 Å². The van der Waals surface area contributed by atoms with Crippen molar-refractivity contribution in [3.8, 4) is 5.75 Å². The number of likely N-dealkylation sites (N-methyl/N-ethyl adjacent to an activating group) is 1. The van der Waals surface area contributed by atoms with Crippen molar-refractivity contribution in [3.63, 3.8) is 0 Å². The smallest absolute Gasteiger partial charge is 0.191 e. The van der Waals surface area contributed by atoms with E-state index in [1.165, 1.54) is 25.8 Å². The minimum Gasteiger partial charge on any atom is -0.492 e. The van der Waals surface area contributed by atoms with Gasteiger partial charge in [-0.05, 0) is 59.8 Å². The Balaban J connectivity index is 1.82. The first-order valence-corrected chi connectivity index (χ1v) is 11.2. The molecule has 1 aliphatic heterocycles. The maximum absolute atomic E-state index is 5.96. The minimum absolute atomic E-state index is 0.608. The first-order valence-electron chi connectivity index (χ1n) is 11.2. The lowest BCUT2D eigenvalue weighted by Gasteiger charge is -2.33. The molecule has 1 unspecified atom stereocenters. The van der Waals surface area contributed by atoms with Crippen LogP contribution in [0.15, 0.2) is 29.3 Å². The highest BCUT2D eigenvalue weighted by Crippen LogP contribution is 2.19. The fourth-order valence-corrected chi connectivity index (χ4v) is 3.60. The van der Waals surface area contributed by atoms with Gasteiger partial charge in [0, 0.05) is 37.8 Å². The number of nitrogens with zero attached hydrogens (tertiary/aromatic N) is 3. The molecule has 6 nitrogen and oxygen atoms in total. The van der Waals surface area contributed by atoms with E-state index in [4.69, 9.17) is 9.73 Å². The Morgan fingerprint density at radius 1 is 1.24 bits per heavy atom. The van der Waals surface area contributed by atoms with Crippen LogP contribution in [0, 0.1) is 0 Å². The number of nitrogens with one attached hydrogen (secondary N) is 2. The summed E-state index contributed by atoms with van der Waals surface area (Å²) < 4.78 is 5.96. The van der Waals surface area contributed by atoms with Crippen LogP contribution in [0.2, 0.25) is 0 Å². The van der Waals surface area contributed by atoms with Gasteiger partial charge in [0.1, 0.15) is 12.4 Å². The van der Waals surface area contributed by atoms with Gasteiger partial charge in [-0.3, -0.25) is 0 Å². The van der Waals surface area contributed by atoms with E-state index in [1.807, 2.05) is 18.2 Å². The molecule has 1 heterocycles. The molecule has 2 rings (SSSR count). The van der Waals surface area contributed by atoms with Gasteiger partial charge in [0.15, 0.2) is 5.96 Å². The van der Waals surface area contributed by atoms with E-state index in [0.717, 1.165) is 55.9 Å². The first-order chi connectivity index (χ1) is 14.1. The average molecular weight is 404 g/mol. The molecular formula is C23H41N5O. The van der Waals surface area contributed by atoms with E-state index in [1.54, 1.807) is 0 Å². The summed E-state index contributed by atoms with van der Waals surface area (Å²) in [7, 11) is 4.11. The topological polar surface area (TPSA) is 52.1 Å². The standard InChI is InChI=1S/C23H41N5O/c1-5-24-23(25-14-10-16-28-15-9-8-11-20(28)2)26-19-21-12-6-7-13-22(21)29-18-17-27(3)4/h6-7,12-13,20H,5,8-11,14-19H2,1-4H3,(H2,24,25,26). The lowest BCUT2D eigenvalue weighted by atomic mass is 10.0. The number of hydrogen-bond acceptors (Lipinski definition) is 4. The third-order valence-corrected chi connectivity index (χ3v) is 5.38. The van der Waals surface area contributed by atoms with Gasteiger partial charge < -0.3 is 25.2 Å². The molecule has 0 amide bonds. The molecule has 0 spiro atoms. The van der Waals surface area contributed by atoms with E-state index in [0.29, 0.717) is 13.2 Å². The SMILES string of the molecule is CCNC(=NCc1ccccc1OCCN(C)C)NCCCN1CCCCC1C. The summed E-state index contributed by atoms with van der Waals surface area (Å²) in [5.74, 6) is 1.80. The average Bonchev–Trinajstić information content (AvgIpc) is 2.71. The summed E-state index contributed by atoms with van der Waals surface area (Å²) in [5.41, 5.74) is 1.12. The molecule has 1 atom stereocenters. The first kappa shape index (κ1) is 23.5. The van der Waals surface area contributed by atoms with Crippen LogP contribution in [0.3, 0.4) is 0 Å². The van der Waals surface area contributed by atoms with E-state index >= 15 is 0 Å². The molecule has 0 radical (unpaired) electrons. The van der Waals surface area contributed by atoms with Crippen LogP contribution in [0.1, 0.15) is 45.1 Å². The summed E-state index contributed by atoms with van der Waals surface area (Å²) in [4.78, 5) is 9.52. The van der Waals surface area contributed by atoms with Crippen molar-refractivity contribution in [1.82, 2.24) is 20.4 Å². The molecule has 0 aromatic heterocycles. The molecule has 1 saturated heterocycles. The number of likely N-dealkylation sites (tertiary alicyclic amines) is 1. The molecule has 0 aliphatic carbocycles. The van der Waals surface area contributed by atoms with Crippen LogP contribution in [-0.2, 0) is 6.54 Å². The summed E-state index contributed by atoms with van der Waals surface area (Å²) in [6.45, 7) is 10.9. The Bertz CT molecular complexity index is 605. The second-order valence-corrected chi connectivity index (χ2v) is 8.12. The number of hydrogen-bond donors (Lipinski definition) is 2. The molecule has 164 valence electrons. The Morgan fingerprint density at radius 3 is 2.83 bits per heavy atom. The van der Waals surface area contributed by atoms with Gasteiger partial charge in [-0.15, -0.1) is 0 Å². The maximum atomic E-state index is 5.96. The predicted octanol–water partition coefficient (Wildman–Crippen LogP) is 2.95. The number of ether oxygens (including phenoxy) is 1. The predicted molar refractivity (Wildman–Crippen MR) is 123 cm³/mol. The van der Waals surface area contributed by atoms with E-state index < -0.39 is 0 Å². The van der Waals surface area contributed by atoms with Gasteiger partial charge in [0.25, 0.3) is 0 Å². The van der Waals surface area contributed by atoms with Crippen molar-refractivity contribution in [2.45, 2.75) is 52.1 Å². The lowest BCUT2D eigenvalue weighted by molar-refractivity contribution is 0.159. The highest BCUT2D eigenvalue weighted by atomic mass is 16.5. The summed E-state index contributed by atoms with van der Waals surface area (Å²) in [6, 6.07) is 8.92. The summed E-state index contributed by atoms with van der Waals surface area (Å²) >= 11 is 0. The number of guanidine groups is 1. The van der Waals surface area contributed by atoms with Crippen molar-refractivity contribution in [2.75, 3.05) is 53.4 Å². The number of para-hydroxylation sites is 1. The summed E-state index contributed by atoms with van der Waals surface area (Å²) in [5, 5.41) is 6.84. The molecule has 1 aliphatic rings. The molecule has 2 N–H and O–H groups in total. The van der Waals surface area contributed by atoms with Crippen LogP contribution in [-0.4, -0.2) is 75.2 Å². The monoisotopic (exact) mass is 403 g/mol. The van der Waals surface area contributed by atoms with Crippen LogP contribution >= 0.6 is 0 Å². The van der Waals surface area contributed by atoms with Gasteiger partial charge in [-0.1, -0.05) is 24.6 Å². The van der Waals surface area contributed by atoms with Crippen LogP contribution in [0.5, 0.6) is 5.75 Å². The van der Waals surface area contributed by atoms with E-state index in [2.05, 4.69) is 54.4 Å². The molecule has 6 heteroatoms. The quantitative estimate of drug-likeness (QED) is 0.338. The molecular weight excluding hydrogens is 362 g/mol. The van der Waals surface area contributed by atoms with Crippen molar-refractivity contribution in [1.29, 1.82) is 0 Å². The van der Waals surface area contributed by atoms with Gasteiger partial charge in [-0.25, -0.2) is 4.99 Å². The van der Waals surface area contributed by atoms with Gasteiger partial charge in [-0.2, -0.15) is 0 Å². The normalized spacial score (nSPS) is 18.1. The highest BCUT2D eigenvalue weighted by molar-refractivity contribution is 5.79. The third-order valence-electron chi connectivity index (χ3n) is 5.38. The van der Waals surface area contributed by atoms with Crippen molar-refractivity contribution >= 4 is 5.96 Å². The third kappa shape index (κ3) is 9.05. The van der Waals surface area contributed by atoms with Crippen molar-refractivity contribution < 1.29 is 4.74 Å². The van der Waals surface area contributed by atoms with Gasteiger partial charge >= 0.3 is 0 Å². The highest BCUT2D eigenvalue weighted by Gasteiger charge is 2.17. The zero-order valence-electron chi connectivity index (χ0n) is 18.9. The van der Waals surface area contributed by atoms with Crippen LogP contribution < -0.4 is 15.4 Å². The fraction of sp³-hybridized carbons (Fsp3) is 0.696. The van der Waals surface area contributed by atoms with Gasteiger partial charge in [0.05, 0.1) is 6.54 Å². The number of aliphatic imine (C=N–C) groups is 1. The Morgan fingerprint density at radius 2 is 2.07 bits per heavy atom. The summed E-state index contributed by atoms with van der Waals surface area (Å²) in [6.07, 6.45) is 5.21. The van der Waals surface area contributed by atoms with Crippen molar-refractivity contribution in [2.24, 2.45) is 4.99 Å². The second kappa shape index (κ2) is 13.4. The van der Waals surface area contributed by atoms with Crippen molar-refractivity contribution in [3.05, 3.63) is 29.8 Å². The minimum atomic E-state index is 0.608. The molecule has 29 heavy (non-hydrogen) atoms. The zero-order chi connectivity index (χ0) is 20.9. The Kier molecular flexibility index (Phi) is 10.9. The van der Waals surface area contributed by atoms with E-state index in [9.17, 15) is 0 Å². The fourth-order valence-electron chi connectivity index (χ4n) is 3.60. The lowest BCUT2D eigenvalue weighted by Crippen LogP contribution is -2.41.